The molecule has 2 rings (SSSR count). The molecule has 10 heteroatoms. The first-order chi connectivity index (χ1) is 11.6. The Balaban J connectivity index is 1.75. The molecule has 0 aliphatic carbocycles. The first-order valence-electron chi connectivity index (χ1n) is 7.12. The van der Waals surface area contributed by atoms with Crippen LogP contribution in [0.3, 0.4) is 0 Å². The summed E-state index contributed by atoms with van der Waals surface area (Å²) < 4.78 is 5.13. The van der Waals surface area contributed by atoms with Crippen molar-refractivity contribution in [2.75, 3.05) is 38.2 Å². The second-order valence-electron chi connectivity index (χ2n) is 4.80. The van der Waals surface area contributed by atoms with Gasteiger partial charge in [0.15, 0.2) is 6.61 Å². The van der Waals surface area contributed by atoms with Crippen LogP contribution in [0.5, 0.6) is 0 Å². The molecule has 0 unspecified atom stereocenters. The van der Waals surface area contributed by atoms with Gasteiger partial charge in [-0.2, -0.15) is 0 Å². The second-order valence-corrected chi connectivity index (χ2v) is 4.80. The minimum Gasteiger partial charge on any atom is -0.386 e. The van der Waals surface area contributed by atoms with E-state index in [4.69, 9.17) is 9.57 Å². The molecular weight excluding hydrogens is 320 g/mol. The molecule has 128 valence electrons. The fourth-order valence-electron chi connectivity index (χ4n) is 1.95. The standard InChI is InChI=1S/C14H16N4O6/c19-13(16-11-2-1-3-12(8-11)18(21)22)9-15-24-10-14(20)17-4-6-23-7-5-17/h1-3,8-9H,4-7,10H2,(H,16,19)/b15-9-. The lowest BCUT2D eigenvalue weighted by Gasteiger charge is -2.26. The maximum absolute atomic E-state index is 11.7. The third-order valence-corrected chi connectivity index (χ3v) is 3.12. The van der Waals surface area contributed by atoms with E-state index in [0.29, 0.717) is 26.3 Å². The number of amides is 2. The normalized spacial score (nSPS) is 14.4. The van der Waals surface area contributed by atoms with Crippen LogP contribution in [-0.4, -0.2) is 60.8 Å². The molecule has 1 aromatic rings. The van der Waals surface area contributed by atoms with Gasteiger partial charge in [-0.3, -0.25) is 19.7 Å². The van der Waals surface area contributed by atoms with Gasteiger partial charge in [0, 0.05) is 30.9 Å². The van der Waals surface area contributed by atoms with Crippen LogP contribution in [0.15, 0.2) is 29.4 Å². The van der Waals surface area contributed by atoms with Crippen molar-refractivity contribution in [1.82, 2.24) is 4.90 Å². The monoisotopic (exact) mass is 336 g/mol. The number of carbonyl (C=O) groups excluding carboxylic acids is 2. The Morgan fingerprint density at radius 1 is 1.42 bits per heavy atom. The number of nitrogens with one attached hydrogen (secondary N) is 1. The minimum atomic E-state index is -0.630. The van der Waals surface area contributed by atoms with E-state index < -0.39 is 10.8 Å². The Morgan fingerprint density at radius 2 is 2.17 bits per heavy atom. The van der Waals surface area contributed by atoms with Crippen molar-refractivity contribution in [3.05, 3.63) is 34.4 Å². The number of hydrogen-bond acceptors (Lipinski definition) is 7. The molecule has 0 bridgehead atoms. The molecule has 1 N–H and O–H groups in total. The molecule has 1 aromatic carbocycles. The zero-order chi connectivity index (χ0) is 17.4. The zero-order valence-electron chi connectivity index (χ0n) is 12.7. The van der Waals surface area contributed by atoms with E-state index in [1.165, 1.54) is 24.3 Å². The van der Waals surface area contributed by atoms with Gasteiger partial charge in [0.25, 0.3) is 17.5 Å². The average Bonchev–Trinajstić information content (AvgIpc) is 2.59. The van der Waals surface area contributed by atoms with Crippen molar-refractivity contribution in [2.24, 2.45) is 5.16 Å². The van der Waals surface area contributed by atoms with E-state index in [0.717, 1.165) is 6.21 Å². The number of hydrogen-bond donors (Lipinski definition) is 1. The Labute approximate surface area is 137 Å². The molecule has 1 aliphatic rings. The summed E-state index contributed by atoms with van der Waals surface area (Å²) in [5.41, 5.74) is 0.113. The largest absolute Gasteiger partial charge is 0.386 e. The van der Waals surface area contributed by atoms with Crippen molar-refractivity contribution in [2.45, 2.75) is 0 Å². The molecule has 0 aromatic heterocycles. The zero-order valence-corrected chi connectivity index (χ0v) is 12.7. The van der Waals surface area contributed by atoms with E-state index in [2.05, 4.69) is 10.5 Å². The Kier molecular flexibility index (Phi) is 6.20. The number of nitro benzene ring substituents is 1. The smallest absolute Gasteiger partial charge is 0.271 e. The van der Waals surface area contributed by atoms with Gasteiger partial charge in [-0.05, 0) is 6.07 Å². The van der Waals surface area contributed by atoms with Crippen LogP contribution in [0.4, 0.5) is 11.4 Å². The van der Waals surface area contributed by atoms with Crippen LogP contribution >= 0.6 is 0 Å². The number of nitro groups is 1. The van der Waals surface area contributed by atoms with Crippen LogP contribution in [0, 0.1) is 10.1 Å². The van der Waals surface area contributed by atoms with Gasteiger partial charge in [-0.1, -0.05) is 11.2 Å². The van der Waals surface area contributed by atoms with Crippen molar-refractivity contribution in [3.63, 3.8) is 0 Å². The summed E-state index contributed by atoms with van der Waals surface area (Å²) in [6, 6.07) is 5.47. The fraction of sp³-hybridized carbons (Fsp3) is 0.357. The van der Waals surface area contributed by atoms with Crippen LogP contribution in [-0.2, 0) is 19.2 Å². The third kappa shape index (κ3) is 5.32. The highest BCUT2D eigenvalue weighted by atomic mass is 16.6. The summed E-state index contributed by atoms with van der Waals surface area (Å²) in [4.78, 5) is 39.8. The Bertz CT molecular complexity index is 642. The van der Waals surface area contributed by atoms with Gasteiger partial charge < -0.3 is 19.8 Å². The highest BCUT2D eigenvalue weighted by molar-refractivity contribution is 6.31. The van der Waals surface area contributed by atoms with E-state index in [1.54, 1.807) is 4.90 Å². The molecular formula is C14H16N4O6. The molecule has 24 heavy (non-hydrogen) atoms. The summed E-state index contributed by atoms with van der Waals surface area (Å²) in [5.74, 6) is -0.871. The summed E-state index contributed by atoms with van der Waals surface area (Å²) >= 11 is 0. The van der Waals surface area contributed by atoms with Crippen molar-refractivity contribution in [1.29, 1.82) is 0 Å². The van der Waals surface area contributed by atoms with Gasteiger partial charge in [-0.25, -0.2) is 0 Å². The minimum absolute atomic E-state index is 0.142. The second kappa shape index (κ2) is 8.58. The summed E-state index contributed by atoms with van der Waals surface area (Å²) in [5, 5.41) is 16.5. The summed E-state index contributed by atoms with van der Waals surface area (Å²) in [6.07, 6.45) is 0.853. The number of nitrogens with zero attached hydrogens (tertiary/aromatic N) is 3. The highest BCUT2D eigenvalue weighted by Gasteiger charge is 2.16. The maximum atomic E-state index is 11.7. The molecule has 2 amide bonds. The Morgan fingerprint density at radius 3 is 2.88 bits per heavy atom. The summed E-state index contributed by atoms with van der Waals surface area (Å²) in [7, 11) is 0. The van der Waals surface area contributed by atoms with Crippen LogP contribution < -0.4 is 5.32 Å². The first-order valence-corrected chi connectivity index (χ1v) is 7.12. The van der Waals surface area contributed by atoms with E-state index in [1.807, 2.05) is 0 Å². The van der Waals surface area contributed by atoms with Crippen molar-refractivity contribution >= 4 is 29.4 Å². The SMILES string of the molecule is O=C(/C=N\OCC(=O)N1CCOCC1)Nc1cccc([N+](=O)[O-])c1. The quantitative estimate of drug-likeness (QED) is 0.455. The van der Waals surface area contributed by atoms with Crippen LogP contribution in [0.25, 0.3) is 0 Å². The highest BCUT2D eigenvalue weighted by Crippen LogP contribution is 2.16. The molecule has 0 saturated carbocycles. The molecule has 1 aliphatic heterocycles. The van der Waals surface area contributed by atoms with Gasteiger partial charge >= 0.3 is 0 Å². The fourth-order valence-corrected chi connectivity index (χ4v) is 1.95. The number of non-ortho nitro benzene ring substituents is 1. The van der Waals surface area contributed by atoms with Crippen LogP contribution in [0.2, 0.25) is 0 Å². The van der Waals surface area contributed by atoms with Crippen LogP contribution in [0.1, 0.15) is 0 Å². The number of benzene rings is 1. The van der Waals surface area contributed by atoms with E-state index in [-0.39, 0.29) is 23.9 Å². The van der Waals surface area contributed by atoms with E-state index in [9.17, 15) is 19.7 Å². The molecule has 10 nitrogen and oxygen atoms in total. The lowest BCUT2D eigenvalue weighted by molar-refractivity contribution is -0.384. The number of carbonyl (C=O) groups is 2. The molecule has 1 heterocycles. The maximum Gasteiger partial charge on any atom is 0.271 e. The Hall–Kier alpha value is -3.01. The predicted octanol–water partition coefficient (Wildman–Crippen LogP) is 0.395. The van der Waals surface area contributed by atoms with Gasteiger partial charge in [0.05, 0.1) is 18.1 Å². The molecule has 0 radical (unpaired) electrons. The summed E-state index contributed by atoms with van der Waals surface area (Å²) in [6.45, 7) is 1.69. The number of oxime groups is 1. The number of ether oxygens (including phenoxy) is 1. The van der Waals surface area contributed by atoms with Crippen molar-refractivity contribution in [3.8, 4) is 0 Å². The number of rotatable bonds is 6. The van der Waals surface area contributed by atoms with Crippen molar-refractivity contribution < 1.29 is 24.1 Å². The van der Waals surface area contributed by atoms with Gasteiger partial charge in [-0.15, -0.1) is 0 Å². The van der Waals surface area contributed by atoms with Gasteiger partial charge in [0.2, 0.25) is 0 Å². The predicted molar refractivity (Wildman–Crippen MR) is 83.6 cm³/mol. The third-order valence-electron chi connectivity index (χ3n) is 3.12. The number of morpholine rings is 1. The lowest BCUT2D eigenvalue weighted by atomic mass is 10.3. The average molecular weight is 336 g/mol. The molecule has 0 atom stereocenters. The lowest BCUT2D eigenvalue weighted by Crippen LogP contribution is -2.42. The molecule has 1 fully saturated rings. The molecule has 1 saturated heterocycles. The molecule has 0 spiro atoms. The van der Waals surface area contributed by atoms with Gasteiger partial charge in [0.1, 0.15) is 6.21 Å². The topological polar surface area (TPSA) is 123 Å². The number of anilines is 1. The van der Waals surface area contributed by atoms with E-state index >= 15 is 0 Å². The first kappa shape index (κ1) is 17.3.